The largest absolute Gasteiger partial charge is 0.370 e. The summed E-state index contributed by atoms with van der Waals surface area (Å²) in [5.74, 6) is 0.320. The molecule has 0 aliphatic rings. The third-order valence-corrected chi connectivity index (χ3v) is 2.68. The van der Waals surface area contributed by atoms with Crippen molar-refractivity contribution in [1.82, 2.24) is 5.32 Å². The van der Waals surface area contributed by atoms with Crippen LogP contribution in [-0.2, 0) is 11.2 Å². The Morgan fingerprint density at radius 3 is 2.80 bits per heavy atom. The molecule has 110 valence electrons. The van der Waals surface area contributed by atoms with Crippen molar-refractivity contribution in [2.75, 3.05) is 11.9 Å². The highest BCUT2D eigenvalue weighted by Gasteiger charge is 2.02. The monoisotopic (exact) mass is 276 g/mol. The van der Waals surface area contributed by atoms with E-state index in [4.69, 9.17) is 5.73 Å². The van der Waals surface area contributed by atoms with Crippen molar-refractivity contribution in [2.24, 2.45) is 10.7 Å². The van der Waals surface area contributed by atoms with Crippen molar-refractivity contribution < 1.29 is 4.79 Å². The fourth-order valence-corrected chi connectivity index (χ4v) is 1.73. The van der Waals surface area contributed by atoms with Crippen LogP contribution in [-0.4, -0.2) is 24.5 Å². The van der Waals surface area contributed by atoms with Crippen LogP contribution in [0.4, 0.5) is 5.69 Å². The van der Waals surface area contributed by atoms with Gasteiger partial charge in [-0.15, -0.1) is 0 Å². The van der Waals surface area contributed by atoms with E-state index in [1.165, 1.54) is 5.56 Å². The van der Waals surface area contributed by atoms with E-state index in [0.717, 1.165) is 12.1 Å². The topological polar surface area (TPSA) is 79.5 Å². The van der Waals surface area contributed by atoms with Gasteiger partial charge >= 0.3 is 0 Å². The first-order valence-corrected chi connectivity index (χ1v) is 6.96. The molecule has 0 saturated carbocycles. The van der Waals surface area contributed by atoms with E-state index in [1.54, 1.807) is 0 Å². The summed E-state index contributed by atoms with van der Waals surface area (Å²) in [4.78, 5) is 15.6. The third kappa shape index (κ3) is 6.22. The maximum atomic E-state index is 11.4. The predicted molar refractivity (Wildman–Crippen MR) is 83.8 cm³/mol. The summed E-state index contributed by atoms with van der Waals surface area (Å²) in [6, 6.07) is 8.17. The number of carbonyl (C=O) groups is 1. The lowest BCUT2D eigenvalue weighted by Gasteiger charge is -2.08. The summed E-state index contributed by atoms with van der Waals surface area (Å²) in [6.45, 7) is 6.34. The minimum atomic E-state index is -0.00969. The lowest BCUT2D eigenvalue weighted by molar-refractivity contribution is -0.121. The first kappa shape index (κ1) is 16.0. The third-order valence-electron chi connectivity index (χ3n) is 2.68. The quantitative estimate of drug-likeness (QED) is 0.548. The molecule has 0 atom stereocenters. The number of hydrogen-bond acceptors (Lipinski definition) is 2. The Bertz CT molecular complexity index is 469. The average Bonchev–Trinajstić information content (AvgIpc) is 2.38. The van der Waals surface area contributed by atoms with E-state index in [1.807, 2.05) is 32.0 Å². The summed E-state index contributed by atoms with van der Waals surface area (Å²) < 4.78 is 0. The average molecular weight is 276 g/mol. The number of benzene rings is 1. The molecule has 0 bridgehead atoms. The van der Waals surface area contributed by atoms with E-state index in [2.05, 4.69) is 28.6 Å². The van der Waals surface area contributed by atoms with Crippen LogP contribution < -0.4 is 16.4 Å². The molecule has 0 radical (unpaired) electrons. The number of nitrogens with one attached hydrogen (secondary N) is 2. The number of hydrogen-bond donors (Lipinski definition) is 3. The molecule has 0 aromatic heterocycles. The summed E-state index contributed by atoms with van der Waals surface area (Å²) in [5, 5.41) is 5.84. The first-order chi connectivity index (χ1) is 9.51. The van der Waals surface area contributed by atoms with Crippen LogP contribution in [0.1, 0.15) is 32.8 Å². The van der Waals surface area contributed by atoms with Crippen molar-refractivity contribution in [3.63, 3.8) is 0 Å². The lowest BCUT2D eigenvalue weighted by atomic mass is 10.1. The Hall–Kier alpha value is -2.04. The highest BCUT2D eigenvalue weighted by molar-refractivity contribution is 5.92. The number of aryl methyl sites for hydroxylation is 1. The van der Waals surface area contributed by atoms with Crippen LogP contribution in [0.3, 0.4) is 0 Å². The van der Waals surface area contributed by atoms with Gasteiger partial charge in [-0.1, -0.05) is 19.1 Å². The molecule has 0 fully saturated rings. The summed E-state index contributed by atoms with van der Waals surface area (Å²) >= 11 is 0. The van der Waals surface area contributed by atoms with Gasteiger partial charge in [0.1, 0.15) is 0 Å². The van der Waals surface area contributed by atoms with Gasteiger partial charge < -0.3 is 16.4 Å². The Labute approximate surface area is 120 Å². The van der Waals surface area contributed by atoms with Crippen molar-refractivity contribution in [3.05, 3.63) is 29.8 Å². The number of nitrogens with two attached hydrogens (primary N) is 1. The second-order valence-electron chi connectivity index (χ2n) is 4.92. The second kappa shape index (κ2) is 8.19. The Balaban J connectivity index is 2.43. The van der Waals surface area contributed by atoms with Crippen molar-refractivity contribution in [1.29, 1.82) is 0 Å². The van der Waals surface area contributed by atoms with Gasteiger partial charge in [-0.05, 0) is 38.0 Å². The Kier molecular flexibility index (Phi) is 6.56. The molecular weight excluding hydrogens is 252 g/mol. The molecule has 1 amide bonds. The van der Waals surface area contributed by atoms with E-state index in [9.17, 15) is 4.79 Å². The Morgan fingerprint density at radius 1 is 1.40 bits per heavy atom. The second-order valence-corrected chi connectivity index (χ2v) is 4.92. The molecule has 20 heavy (non-hydrogen) atoms. The molecule has 5 heteroatoms. The van der Waals surface area contributed by atoms with Crippen LogP contribution in [0.25, 0.3) is 0 Å². The minimum Gasteiger partial charge on any atom is -0.370 e. The van der Waals surface area contributed by atoms with Crippen LogP contribution in [0.2, 0.25) is 0 Å². The van der Waals surface area contributed by atoms with Crippen LogP contribution in [0, 0.1) is 0 Å². The van der Waals surface area contributed by atoms with E-state index >= 15 is 0 Å². The van der Waals surface area contributed by atoms with Crippen LogP contribution >= 0.6 is 0 Å². The standard InChI is InChI=1S/C15H24N4O/c1-4-12-6-5-7-13(10-12)19-15(16)17-9-8-14(20)18-11(2)3/h5-7,10-11H,4,8-9H2,1-3H3,(H,18,20)(H3,16,17,19). The number of rotatable bonds is 6. The normalized spacial score (nSPS) is 11.5. The van der Waals surface area contributed by atoms with E-state index < -0.39 is 0 Å². The van der Waals surface area contributed by atoms with Crippen molar-refractivity contribution in [3.8, 4) is 0 Å². The molecule has 0 spiro atoms. The van der Waals surface area contributed by atoms with Crippen molar-refractivity contribution in [2.45, 2.75) is 39.7 Å². The lowest BCUT2D eigenvalue weighted by Crippen LogP contribution is -2.30. The maximum Gasteiger partial charge on any atom is 0.222 e. The fourth-order valence-electron chi connectivity index (χ4n) is 1.73. The molecule has 0 saturated heterocycles. The van der Waals surface area contributed by atoms with Gasteiger partial charge in [0.05, 0.1) is 6.54 Å². The summed E-state index contributed by atoms with van der Waals surface area (Å²) in [6.07, 6.45) is 1.32. The molecule has 0 heterocycles. The SMILES string of the molecule is CCc1cccc(NC(N)=NCCC(=O)NC(C)C)c1. The number of nitrogens with zero attached hydrogens (tertiary/aromatic N) is 1. The number of amides is 1. The molecular formula is C15H24N4O. The molecule has 1 aromatic carbocycles. The first-order valence-electron chi connectivity index (χ1n) is 6.96. The van der Waals surface area contributed by atoms with Gasteiger partial charge in [-0.25, -0.2) is 0 Å². The maximum absolute atomic E-state index is 11.4. The van der Waals surface area contributed by atoms with E-state index in [0.29, 0.717) is 18.9 Å². The predicted octanol–water partition coefficient (Wildman–Crippen LogP) is 1.89. The minimum absolute atomic E-state index is 0.00969. The van der Waals surface area contributed by atoms with Crippen LogP contribution in [0.15, 0.2) is 29.3 Å². The summed E-state index contributed by atoms with van der Waals surface area (Å²) in [5.41, 5.74) is 7.94. The van der Waals surface area contributed by atoms with Gasteiger partial charge in [0.25, 0.3) is 0 Å². The highest BCUT2D eigenvalue weighted by atomic mass is 16.1. The Morgan fingerprint density at radius 2 is 2.15 bits per heavy atom. The molecule has 1 rings (SSSR count). The number of carbonyl (C=O) groups excluding carboxylic acids is 1. The molecule has 0 unspecified atom stereocenters. The zero-order chi connectivity index (χ0) is 15.0. The molecule has 0 aliphatic heterocycles. The molecule has 0 aliphatic carbocycles. The highest BCUT2D eigenvalue weighted by Crippen LogP contribution is 2.10. The van der Waals surface area contributed by atoms with Gasteiger partial charge in [0.2, 0.25) is 5.91 Å². The van der Waals surface area contributed by atoms with Crippen LogP contribution in [0.5, 0.6) is 0 Å². The zero-order valence-corrected chi connectivity index (χ0v) is 12.4. The zero-order valence-electron chi connectivity index (χ0n) is 12.4. The van der Waals surface area contributed by atoms with Gasteiger partial charge in [0, 0.05) is 18.2 Å². The number of guanidine groups is 1. The molecule has 4 N–H and O–H groups in total. The molecule has 5 nitrogen and oxygen atoms in total. The number of aliphatic imine (C=N–C) groups is 1. The number of anilines is 1. The summed E-state index contributed by atoms with van der Waals surface area (Å²) in [7, 11) is 0. The van der Waals surface area contributed by atoms with E-state index in [-0.39, 0.29) is 11.9 Å². The smallest absolute Gasteiger partial charge is 0.222 e. The molecule has 1 aromatic rings. The fraction of sp³-hybridized carbons (Fsp3) is 0.467. The van der Waals surface area contributed by atoms with Gasteiger partial charge in [0.15, 0.2) is 5.96 Å². The van der Waals surface area contributed by atoms with Crippen molar-refractivity contribution >= 4 is 17.6 Å². The van der Waals surface area contributed by atoms with Gasteiger partial charge in [-0.2, -0.15) is 0 Å². The van der Waals surface area contributed by atoms with Gasteiger partial charge in [-0.3, -0.25) is 9.79 Å².